The summed E-state index contributed by atoms with van der Waals surface area (Å²) in [6.45, 7) is 0.532. The molecule has 2 aromatic rings. The number of pyridine rings is 1. The topological polar surface area (TPSA) is 61.9 Å². The highest BCUT2D eigenvalue weighted by Crippen LogP contribution is 2.05. The minimum Gasteiger partial charge on any atom is -0.337 e. The standard InChI is InChI=1S/C11H12N4O/c1-15(8-9-5-13-14-6-9)11(16)10-3-2-4-12-7-10/h2-7H,8H2,1H3,(H,13,14). The first kappa shape index (κ1) is 10.4. The highest BCUT2D eigenvalue weighted by Gasteiger charge is 2.11. The number of hydrogen-bond acceptors (Lipinski definition) is 3. The van der Waals surface area contributed by atoms with Gasteiger partial charge in [-0.25, -0.2) is 0 Å². The Kier molecular flexibility index (Phi) is 2.95. The van der Waals surface area contributed by atoms with Gasteiger partial charge in [0, 0.05) is 37.7 Å². The summed E-state index contributed by atoms with van der Waals surface area (Å²) in [6.07, 6.45) is 6.68. The van der Waals surface area contributed by atoms with Gasteiger partial charge in [-0.15, -0.1) is 0 Å². The lowest BCUT2D eigenvalue weighted by Gasteiger charge is -2.15. The van der Waals surface area contributed by atoms with Crippen molar-refractivity contribution in [3.8, 4) is 0 Å². The molecule has 0 atom stereocenters. The van der Waals surface area contributed by atoms with Gasteiger partial charge in [0.05, 0.1) is 11.8 Å². The third-order valence-corrected chi connectivity index (χ3v) is 2.23. The summed E-state index contributed by atoms with van der Waals surface area (Å²) in [5.41, 5.74) is 1.56. The van der Waals surface area contributed by atoms with Crippen LogP contribution in [0.5, 0.6) is 0 Å². The SMILES string of the molecule is CN(Cc1cn[nH]c1)C(=O)c1cccnc1. The molecule has 16 heavy (non-hydrogen) atoms. The van der Waals surface area contributed by atoms with E-state index in [0.717, 1.165) is 5.56 Å². The number of H-pyrrole nitrogens is 1. The van der Waals surface area contributed by atoms with Crippen molar-refractivity contribution in [2.45, 2.75) is 6.54 Å². The van der Waals surface area contributed by atoms with Crippen molar-refractivity contribution in [3.63, 3.8) is 0 Å². The van der Waals surface area contributed by atoms with Crippen molar-refractivity contribution in [1.82, 2.24) is 20.1 Å². The quantitative estimate of drug-likeness (QED) is 0.835. The van der Waals surface area contributed by atoms with Gasteiger partial charge < -0.3 is 4.90 Å². The van der Waals surface area contributed by atoms with Gasteiger partial charge in [-0.3, -0.25) is 14.9 Å². The van der Waals surface area contributed by atoms with Crippen LogP contribution in [0, 0.1) is 0 Å². The number of nitrogens with zero attached hydrogens (tertiary/aromatic N) is 3. The van der Waals surface area contributed by atoms with Crippen LogP contribution >= 0.6 is 0 Å². The van der Waals surface area contributed by atoms with Gasteiger partial charge in [-0.2, -0.15) is 5.10 Å². The smallest absolute Gasteiger partial charge is 0.255 e. The van der Waals surface area contributed by atoms with E-state index in [0.29, 0.717) is 12.1 Å². The minimum absolute atomic E-state index is 0.0469. The molecule has 0 fully saturated rings. The van der Waals surface area contributed by atoms with E-state index >= 15 is 0 Å². The summed E-state index contributed by atoms with van der Waals surface area (Å²) in [4.78, 5) is 17.5. The molecule has 0 spiro atoms. The molecule has 0 saturated heterocycles. The predicted molar refractivity (Wildman–Crippen MR) is 58.6 cm³/mol. The molecule has 2 heterocycles. The zero-order valence-electron chi connectivity index (χ0n) is 8.92. The molecule has 82 valence electrons. The van der Waals surface area contributed by atoms with Crippen LogP contribution < -0.4 is 0 Å². The maximum absolute atomic E-state index is 11.9. The van der Waals surface area contributed by atoms with Gasteiger partial charge in [0.25, 0.3) is 5.91 Å². The van der Waals surface area contributed by atoms with Crippen molar-refractivity contribution >= 4 is 5.91 Å². The monoisotopic (exact) mass is 216 g/mol. The van der Waals surface area contributed by atoms with E-state index in [1.54, 1.807) is 48.9 Å². The number of amides is 1. The molecule has 1 amide bonds. The van der Waals surface area contributed by atoms with Crippen molar-refractivity contribution in [1.29, 1.82) is 0 Å². The lowest BCUT2D eigenvalue weighted by Crippen LogP contribution is -2.26. The molecule has 5 nitrogen and oxygen atoms in total. The van der Waals surface area contributed by atoms with Crippen LogP contribution in [0.1, 0.15) is 15.9 Å². The van der Waals surface area contributed by atoms with Gasteiger partial charge in [0.15, 0.2) is 0 Å². The van der Waals surface area contributed by atoms with Crippen LogP contribution in [-0.2, 0) is 6.54 Å². The largest absolute Gasteiger partial charge is 0.337 e. The first-order valence-corrected chi connectivity index (χ1v) is 4.90. The Bertz CT molecular complexity index is 452. The maximum Gasteiger partial charge on any atom is 0.255 e. The first-order valence-electron chi connectivity index (χ1n) is 4.90. The van der Waals surface area contributed by atoms with E-state index in [1.807, 2.05) is 0 Å². The van der Waals surface area contributed by atoms with Crippen molar-refractivity contribution in [2.75, 3.05) is 7.05 Å². The van der Waals surface area contributed by atoms with Crippen molar-refractivity contribution in [3.05, 3.63) is 48.0 Å². The van der Waals surface area contributed by atoms with E-state index in [2.05, 4.69) is 15.2 Å². The summed E-state index contributed by atoms with van der Waals surface area (Å²) < 4.78 is 0. The number of carbonyl (C=O) groups excluding carboxylic acids is 1. The zero-order chi connectivity index (χ0) is 11.4. The summed E-state index contributed by atoms with van der Waals surface area (Å²) in [5.74, 6) is -0.0469. The Labute approximate surface area is 93.1 Å². The molecular weight excluding hydrogens is 204 g/mol. The fraction of sp³-hybridized carbons (Fsp3) is 0.182. The highest BCUT2D eigenvalue weighted by atomic mass is 16.2. The summed E-state index contributed by atoms with van der Waals surface area (Å²) in [6, 6.07) is 3.50. The van der Waals surface area contributed by atoms with E-state index < -0.39 is 0 Å². The summed E-state index contributed by atoms with van der Waals surface area (Å²) >= 11 is 0. The third kappa shape index (κ3) is 2.25. The number of nitrogens with one attached hydrogen (secondary N) is 1. The molecule has 0 aliphatic rings. The second-order valence-corrected chi connectivity index (χ2v) is 3.51. The second-order valence-electron chi connectivity index (χ2n) is 3.51. The molecule has 0 aliphatic heterocycles. The minimum atomic E-state index is -0.0469. The number of carbonyl (C=O) groups is 1. The number of aromatic nitrogens is 3. The van der Waals surface area contributed by atoms with Crippen molar-refractivity contribution < 1.29 is 4.79 Å². The average molecular weight is 216 g/mol. The van der Waals surface area contributed by atoms with Gasteiger partial charge in [-0.1, -0.05) is 0 Å². The molecule has 5 heteroatoms. The molecule has 0 aliphatic carbocycles. The number of hydrogen-bond donors (Lipinski definition) is 1. The van der Waals surface area contributed by atoms with Gasteiger partial charge in [0.1, 0.15) is 0 Å². The Hall–Kier alpha value is -2.17. The zero-order valence-corrected chi connectivity index (χ0v) is 8.92. The third-order valence-electron chi connectivity index (χ3n) is 2.23. The Morgan fingerprint density at radius 2 is 2.38 bits per heavy atom. The molecule has 2 aromatic heterocycles. The van der Waals surface area contributed by atoms with Crippen LogP contribution in [0.25, 0.3) is 0 Å². The molecular formula is C11H12N4O. The molecule has 1 N–H and O–H groups in total. The van der Waals surface area contributed by atoms with Crippen LogP contribution in [0.2, 0.25) is 0 Å². The van der Waals surface area contributed by atoms with E-state index in [1.165, 1.54) is 0 Å². The first-order chi connectivity index (χ1) is 7.77. The highest BCUT2D eigenvalue weighted by molar-refractivity contribution is 5.93. The molecule has 0 saturated carbocycles. The summed E-state index contributed by atoms with van der Waals surface area (Å²) in [7, 11) is 1.75. The molecule has 0 aromatic carbocycles. The van der Waals surface area contributed by atoms with Crippen LogP contribution in [0.4, 0.5) is 0 Å². The Morgan fingerprint density at radius 3 is 3.00 bits per heavy atom. The number of rotatable bonds is 3. The van der Waals surface area contributed by atoms with Crippen molar-refractivity contribution in [2.24, 2.45) is 0 Å². The predicted octanol–water partition coefficient (Wildman–Crippen LogP) is 1.08. The van der Waals surface area contributed by atoms with E-state index in [-0.39, 0.29) is 5.91 Å². The van der Waals surface area contributed by atoms with Crippen LogP contribution in [-0.4, -0.2) is 33.0 Å². The molecule has 0 bridgehead atoms. The van der Waals surface area contributed by atoms with Gasteiger partial charge >= 0.3 is 0 Å². The van der Waals surface area contributed by atoms with Crippen LogP contribution in [0.3, 0.4) is 0 Å². The fourth-order valence-electron chi connectivity index (χ4n) is 1.42. The molecule has 2 rings (SSSR count). The molecule has 0 unspecified atom stereocenters. The van der Waals surface area contributed by atoms with E-state index in [9.17, 15) is 4.79 Å². The normalized spacial score (nSPS) is 10.1. The summed E-state index contributed by atoms with van der Waals surface area (Å²) in [5, 5.41) is 6.55. The van der Waals surface area contributed by atoms with Crippen LogP contribution in [0.15, 0.2) is 36.9 Å². The van der Waals surface area contributed by atoms with Gasteiger partial charge in [-0.05, 0) is 12.1 Å². The molecule has 0 radical (unpaired) electrons. The van der Waals surface area contributed by atoms with E-state index in [4.69, 9.17) is 0 Å². The van der Waals surface area contributed by atoms with Gasteiger partial charge in [0.2, 0.25) is 0 Å². The Balaban J connectivity index is 2.05. The number of aromatic amines is 1. The second kappa shape index (κ2) is 4.57. The Morgan fingerprint density at radius 1 is 1.50 bits per heavy atom. The lowest BCUT2D eigenvalue weighted by molar-refractivity contribution is 0.0784. The average Bonchev–Trinajstić information content (AvgIpc) is 2.82. The maximum atomic E-state index is 11.9. The lowest BCUT2D eigenvalue weighted by atomic mass is 10.2. The fourth-order valence-corrected chi connectivity index (χ4v) is 1.42.